The average Bonchev–Trinajstić information content (AvgIpc) is 3.60. The van der Waals surface area contributed by atoms with Gasteiger partial charge in [0.1, 0.15) is 16.9 Å². The van der Waals surface area contributed by atoms with E-state index in [9.17, 15) is 19.2 Å². The first-order chi connectivity index (χ1) is 20.3. The van der Waals surface area contributed by atoms with E-state index in [0.29, 0.717) is 44.8 Å². The number of rotatable bonds is 11. The summed E-state index contributed by atoms with van der Waals surface area (Å²) in [6.45, 7) is 12.8. The number of nitriles is 1. The molecule has 1 aromatic carbocycles. The van der Waals surface area contributed by atoms with Gasteiger partial charge in [-0.25, -0.2) is 0 Å². The number of carbonyl (C=O) groups excluding carboxylic acids is 3. The topological polar surface area (TPSA) is 174 Å². The standard InChI is InChI=1S/C30H42N8O4S/c1-6-38-27(41)24(43-28(38)23(32)26(40)33-10-9-31)19(2)18-35-21-15-20(16-22(17-21)36-29(42)30(3,4)5)25(39)34-11-14-37-12-7-8-13-37/h15-17,35H,6-8,10-14,18,32H2,1-5H3,(H,33,40)(H,34,39)(H,36,42)/b24-19+,28-23+. The summed E-state index contributed by atoms with van der Waals surface area (Å²) in [4.78, 5) is 53.7. The molecule has 1 saturated heterocycles. The number of amides is 3. The van der Waals surface area contributed by atoms with Gasteiger partial charge in [-0.2, -0.15) is 5.26 Å². The van der Waals surface area contributed by atoms with Crippen LogP contribution in [0.3, 0.4) is 0 Å². The third-order valence-corrected chi connectivity index (χ3v) is 8.36. The minimum atomic E-state index is -0.633. The van der Waals surface area contributed by atoms with Crippen molar-refractivity contribution in [2.45, 2.75) is 54.0 Å². The first-order valence-electron chi connectivity index (χ1n) is 14.4. The minimum Gasteiger partial charge on any atom is -0.392 e. The van der Waals surface area contributed by atoms with E-state index in [4.69, 9.17) is 11.0 Å². The van der Waals surface area contributed by atoms with Crippen LogP contribution in [0.5, 0.6) is 0 Å². The van der Waals surface area contributed by atoms with Gasteiger partial charge in [0.15, 0.2) is 0 Å². The molecule has 0 bridgehead atoms. The molecule has 12 nitrogen and oxygen atoms in total. The lowest BCUT2D eigenvalue weighted by Crippen LogP contribution is -2.37. The zero-order valence-corrected chi connectivity index (χ0v) is 26.4. The smallest absolute Gasteiger partial charge is 0.271 e. The Morgan fingerprint density at radius 1 is 1.09 bits per heavy atom. The zero-order chi connectivity index (χ0) is 31.7. The van der Waals surface area contributed by atoms with E-state index >= 15 is 0 Å². The first kappa shape index (κ1) is 33.4. The van der Waals surface area contributed by atoms with Gasteiger partial charge in [0, 0.05) is 48.5 Å². The van der Waals surface area contributed by atoms with Crippen LogP contribution in [-0.2, 0) is 16.1 Å². The second-order valence-corrected chi connectivity index (χ2v) is 12.5. The van der Waals surface area contributed by atoms with Gasteiger partial charge in [-0.15, -0.1) is 11.3 Å². The third-order valence-electron chi connectivity index (χ3n) is 6.99. The molecule has 1 aliphatic heterocycles. The third kappa shape index (κ3) is 8.92. The lowest BCUT2D eigenvalue weighted by Gasteiger charge is -2.19. The summed E-state index contributed by atoms with van der Waals surface area (Å²) in [5.41, 5.74) is 7.17. The SMILES string of the molecule is CCn1c(=O)/c(=C(/C)CNc2cc(NC(=O)C(C)(C)C)cc(C(=O)NCCN3CCCC3)c2)s/c1=C(/N)C(=O)NCC#N. The van der Waals surface area contributed by atoms with E-state index in [1.807, 2.05) is 26.8 Å². The molecule has 2 aromatic rings. The van der Waals surface area contributed by atoms with Crippen LogP contribution in [0, 0.1) is 16.7 Å². The molecule has 6 N–H and O–H groups in total. The highest BCUT2D eigenvalue weighted by Crippen LogP contribution is 2.23. The number of likely N-dealkylation sites (tertiary alicyclic amines) is 1. The summed E-state index contributed by atoms with van der Waals surface area (Å²) in [7, 11) is 0. The van der Waals surface area contributed by atoms with Crippen LogP contribution in [0.4, 0.5) is 11.4 Å². The van der Waals surface area contributed by atoms with Crippen LogP contribution < -0.4 is 41.8 Å². The Morgan fingerprint density at radius 3 is 2.40 bits per heavy atom. The number of carbonyl (C=O) groups is 3. The Kier molecular flexibility index (Phi) is 11.5. The van der Waals surface area contributed by atoms with Gasteiger partial charge in [0.05, 0.1) is 10.6 Å². The summed E-state index contributed by atoms with van der Waals surface area (Å²) >= 11 is 1.11. The monoisotopic (exact) mass is 610 g/mol. The van der Waals surface area contributed by atoms with Crippen LogP contribution in [0.25, 0.3) is 11.3 Å². The second kappa shape index (κ2) is 14.8. The fourth-order valence-electron chi connectivity index (χ4n) is 4.48. The predicted octanol–water partition coefficient (Wildman–Crippen LogP) is 0.729. The van der Waals surface area contributed by atoms with Crippen molar-refractivity contribution in [3.8, 4) is 6.07 Å². The molecule has 0 aliphatic carbocycles. The van der Waals surface area contributed by atoms with Crippen molar-refractivity contribution in [2.24, 2.45) is 11.1 Å². The molecule has 1 aliphatic rings. The highest BCUT2D eigenvalue weighted by atomic mass is 32.1. The predicted molar refractivity (Wildman–Crippen MR) is 170 cm³/mol. The van der Waals surface area contributed by atoms with E-state index < -0.39 is 11.3 Å². The Labute approximate surface area is 255 Å². The molecule has 0 atom stereocenters. The highest BCUT2D eigenvalue weighted by molar-refractivity contribution is 7.07. The van der Waals surface area contributed by atoms with E-state index in [2.05, 4.69) is 26.2 Å². The normalized spacial score (nSPS) is 14.9. The molecule has 2 heterocycles. The molecule has 13 heteroatoms. The highest BCUT2D eigenvalue weighted by Gasteiger charge is 2.22. The van der Waals surface area contributed by atoms with Gasteiger partial charge in [-0.05, 0) is 63.6 Å². The van der Waals surface area contributed by atoms with Crippen molar-refractivity contribution >= 4 is 51.7 Å². The number of hydrogen-bond acceptors (Lipinski definition) is 9. The lowest BCUT2D eigenvalue weighted by molar-refractivity contribution is -0.123. The largest absolute Gasteiger partial charge is 0.392 e. The van der Waals surface area contributed by atoms with Crippen LogP contribution >= 0.6 is 11.3 Å². The van der Waals surface area contributed by atoms with Crippen molar-refractivity contribution in [1.82, 2.24) is 20.1 Å². The maximum absolute atomic E-state index is 13.2. The molecule has 0 radical (unpaired) electrons. The summed E-state index contributed by atoms with van der Waals surface area (Å²) < 4.78 is 2.17. The lowest BCUT2D eigenvalue weighted by atomic mass is 9.95. The van der Waals surface area contributed by atoms with Gasteiger partial charge in [0.25, 0.3) is 17.4 Å². The maximum atomic E-state index is 13.2. The number of anilines is 2. The van der Waals surface area contributed by atoms with Crippen LogP contribution in [0.2, 0.25) is 0 Å². The molecule has 3 amide bonds. The molecular formula is C30H42N8O4S. The molecule has 43 heavy (non-hydrogen) atoms. The molecular weight excluding hydrogens is 568 g/mol. The van der Waals surface area contributed by atoms with Gasteiger partial charge >= 0.3 is 0 Å². The van der Waals surface area contributed by atoms with Crippen molar-refractivity contribution in [3.05, 3.63) is 43.3 Å². The van der Waals surface area contributed by atoms with E-state index in [0.717, 1.165) is 31.0 Å². The number of hydrogen-bond donors (Lipinski definition) is 5. The molecule has 3 rings (SSSR count). The van der Waals surface area contributed by atoms with Gasteiger partial charge in [-0.1, -0.05) is 20.8 Å². The van der Waals surface area contributed by atoms with Gasteiger partial charge in [-0.3, -0.25) is 23.7 Å². The number of nitrogens with two attached hydrogens (primary N) is 1. The molecule has 1 aromatic heterocycles. The Hall–Kier alpha value is -4.15. The number of aromatic nitrogens is 1. The fourth-order valence-corrected chi connectivity index (χ4v) is 5.64. The van der Waals surface area contributed by atoms with E-state index in [-0.39, 0.29) is 36.2 Å². The van der Waals surface area contributed by atoms with Crippen molar-refractivity contribution < 1.29 is 14.4 Å². The number of nitrogens with one attached hydrogen (secondary N) is 4. The van der Waals surface area contributed by atoms with Crippen molar-refractivity contribution in [1.29, 1.82) is 5.26 Å². The maximum Gasteiger partial charge on any atom is 0.271 e. The molecule has 0 spiro atoms. The number of thiazole rings is 1. The number of benzene rings is 1. The summed E-state index contributed by atoms with van der Waals surface area (Å²) in [6.07, 6.45) is 2.36. The van der Waals surface area contributed by atoms with Gasteiger partial charge < -0.3 is 31.9 Å². The molecule has 1 fully saturated rings. The minimum absolute atomic E-state index is 0.131. The molecule has 232 valence electrons. The Bertz CT molecular complexity index is 1570. The Balaban J connectivity index is 1.89. The van der Waals surface area contributed by atoms with Gasteiger partial charge in [0.2, 0.25) is 5.91 Å². The summed E-state index contributed by atoms with van der Waals surface area (Å²) in [5, 5.41) is 20.3. The quantitative estimate of drug-likeness (QED) is 0.232. The van der Waals surface area contributed by atoms with Crippen LogP contribution in [-0.4, -0.2) is 66.5 Å². The van der Waals surface area contributed by atoms with Crippen LogP contribution in [0.1, 0.15) is 57.8 Å². The van der Waals surface area contributed by atoms with E-state index in [1.54, 1.807) is 32.0 Å². The summed E-state index contributed by atoms with van der Waals surface area (Å²) in [5.74, 6) is -1.05. The van der Waals surface area contributed by atoms with Crippen LogP contribution in [0.15, 0.2) is 23.0 Å². The molecule has 0 saturated carbocycles. The molecule has 0 unspecified atom stereocenters. The second-order valence-electron chi connectivity index (χ2n) is 11.5. The van der Waals surface area contributed by atoms with E-state index in [1.165, 1.54) is 17.4 Å². The zero-order valence-electron chi connectivity index (χ0n) is 25.6. The first-order valence-corrected chi connectivity index (χ1v) is 15.2. The summed E-state index contributed by atoms with van der Waals surface area (Å²) in [6, 6.07) is 6.93. The fraction of sp³-hybridized carbons (Fsp3) is 0.500. The average molecular weight is 611 g/mol. The Morgan fingerprint density at radius 2 is 1.77 bits per heavy atom. The number of nitrogens with zero attached hydrogens (tertiary/aromatic N) is 3. The van der Waals surface area contributed by atoms with Crippen molar-refractivity contribution in [2.75, 3.05) is 49.9 Å². The van der Waals surface area contributed by atoms with Crippen molar-refractivity contribution in [3.63, 3.8) is 0 Å².